The lowest BCUT2D eigenvalue weighted by Crippen LogP contribution is -2.02. The van der Waals surface area contributed by atoms with Gasteiger partial charge in [0.15, 0.2) is 0 Å². The third-order valence-electron chi connectivity index (χ3n) is 1.41. The Kier molecular flexibility index (Phi) is 1.36. The van der Waals surface area contributed by atoms with Crippen molar-refractivity contribution in [1.82, 2.24) is 4.98 Å². The Balaban J connectivity index is 1.79. The number of rotatable bonds is 3. The first-order valence-electron chi connectivity index (χ1n) is 3.32. The average molecular weight is 139 g/mol. The number of hydrogen-bond donors (Lipinski definition) is 1. The van der Waals surface area contributed by atoms with E-state index in [-0.39, 0.29) is 0 Å². The van der Waals surface area contributed by atoms with Crippen molar-refractivity contribution in [2.24, 2.45) is 0 Å². The van der Waals surface area contributed by atoms with E-state index in [1.54, 1.807) is 0 Å². The molecule has 2 rings (SSSR count). The van der Waals surface area contributed by atoms with Gasteiger partial charge in [0.05, 0.1) is 6.61 Å². The SMILES string of the molecule is c1cc(OCC2CO2)c[nH]1. The summed E-state index contributed by atoms with van der Waals surface area (Å²) in [4.78, 5) is 2.91. The maximum atomic E-state index is 5.31. The summed E-state index contributed by atoms with van der Waals surface area (Å²) in [7, 11) is 0. The van der Waals surface area contributed by atoms with Gasteiger partial charge >= 0.3 is 0 Å². The number of nitrogens with one attached hydrogen (secondary N) is 1. The molecule has 1 aromatic rings. The zero-order valence-corrected chi connectivity index (χ0v) is 5.54. The standard InChI is InChI=1S/C7H9NO2/c1-2-8-3-6(1)9-4-7-5-10-7/h1-3,7-8H,4-5H2. The molecule has 1 fully saturated rings. The third-order valence-corrected chi connectivity index (χ3v) is 1.41. The van der Waals surface area contributed by atoms with Gasteiger partial charge in [-0.1, -0.05) is 0 Å². The summed E-state index contributed by atoms with van der Waals surface area (Å²) in [5, 5.41) is 0. The van der Waals surface area contributed by atoms with Crippen LogP contribution in [0.4, 0.5) is 0 Å². The Morgan fingerprint density at radius 2 is 2.70 bits per heavy atom. The number of ether oxygens (including phenoxy) is 2. The zero-order chi connectivity index (χ0) is 6.81. The molecule has 0 bridgehead atoms. The molecule has 1 aliphatic rings. The second kappa shape index (κ2) is 2.34. The van der Waals surface area contributed by atoms with Gasteiger partial charge in [-0.3, -0.25) is 0 Å². The normalized spacial score (nSPS) is 22.6. The second-order valence-electron chi connectivity index (χ2n) is 2.31. The molecule has 1 aliphatic heterocycles. The number of H-pyrrole nitrogens is 1. The van der Waals surface area contributed by atoms with Crippen molar-refractivity contribution in [2.75, 3.05) is 13.2 Å². The van der Waals surface area contributed by atoms with Crippen LogP contribution in [0.5, 0.6) is 5.75 Å². The van der Waals surface area contributed by atoms with E-state index in [0.717, 1.165) is 12.4 Å². The van der Waals surface area contributed by atoms with Crippen molar-refractivity contribution in [3.63, 3.8) is 0 Å². The maximum Gasteiger partial charge on any atom is 0.136 e. The summed E-state index contributed by atoms with van der Waals surface area (Å²) in [6.45, 7) is 1.53. The molecule has 0 saturated carbocycles. The Bertz CT molecular complexity index is 191. The molecule has 1 saturated heterocycles. The summed E-state index contributed by atoms with van der Waals surface area (Å²) < 4.78 is 10.3. The molecule has 0 radical (unpaired) electrons. The molecule has 2 heterocycles. The molecule has 0 aromatic carbocycles. The fraction of sp³-hybridized carbons (Fsp3) is 0.429. The fourth-order valence-electron chi connectivity index (χ4n) is 0.752. The molecule has 1 N–H and O–H groups in total. The van der Waals surface area contributed by atoms with E-state index in [4.69, 9.17) is 9.47 Å². The minimum atomic E-state index is 0.342. The molecule has 3 heteroatoms. The van der Waals surface area contributed by atoms with Gasteiger partial charge < -0.3 is 14.5 Å². The minimum absolute atomic E-state index is 0.342. The highest BCUT2D eigenvalue weighted by Crippen LogP contribution is 2.13. The topological polar surface area (TPSA) is 37.5 Å². The highest BCUT2D eigenvalue weighted by atomic mass is 16.6. The molecular weight excluding hydrogens is 130 g/mol. The van der Waals surface area contributed by atoms with E-state index in [1.165, 1.54) is 0 Å². The number of aromatic nitrogens is 1. The van der Waals surface area contributed by atoms with E-state index in [0.29, 0.717) is 12.7 Å². The second-order valence-corrected chi connectivity index (χ2v) is 2.31. The monoisotopic (exact) mass is 139 g/mol. The van der Waals surface area contributed by atoms with E-state index in [2.05, 4.69) is 4.98 Å². The van der Waals surface area contributed by atoms with Crippen LogP contribution in [0.2, 0.25) is 0 Å². The highest BCUT2D eigenvalue weighted by Gasteiger charge is 2.22. The van der Waals surface area contributed by atoms with Crippen molar-refractivity contribution in [3.05, 3.63) is 18.5 Å². The highest BCUT2D eigenvalue weighted by molar-refractivity contribution is 5.15. The molecule has 0 amide bonds. The van der Waals surface area contributed by atoms with E-state index < -0.39 is 0 Å². The van der Waals surface area contributed by atoms with Crippen LogP contribution >= 0.6 is 0 Å². The van der Waals surface area contributed by atoms with Gasteiger partial charge in [-0.2, -0.15) is 0 Å². The molecule has 1 atom stereocenters. The van der Waals surface area contributed by atoms with Crippen LogP contribution in [0, 0.1) is 0 Å². The van der Waals surface area contributed by atoms with Crippen LogP contribution < -0.4 is 4.74 Å². The van der Waals surface area contributed by atoms with Crippen LogP contribution in [0.3, 0.4) is 0 Å². The van der Waals surface area contributed by atoms with Gasteiger partial charge in [0, 0.05) is 12.4 Å². The van der Waals surface area contributed by atoms with Crippen LogP contribution in [0.1, 0.15) is 0 Å². The Morgan fingerprint density at radius 3 is 3.30 bits per heavy atom. The lowest BCUT2D eigenvalue weighted by molar-refractivity contribution is 0.263. The summed E-state index contributed by atoms with van der Waals surface area (Å²) in [5.41, 5.74) is 0. The molecule has 3 nitrogen and oxygen atoms in total. The lowest BCUT2D eigenvalue weighted by Gasteiger charge is -1.97. The van der Waals surface area contributed by atoms with Crippen molar-refractivity contribution in [3.8, 4) is 5.75 Å². The predicted molar refractivity (Wildman–Crippen MR) is 36.0 cm³/mol. The van der Waals surface area contributed by atoms with Gasteiger partial charge in [0.1, 0.15) is 18.5 Å². The molecule has 0 aliphatic carbocycles. The predicted octanol–water partition coefficient (Wildman–Crippen LogP) is 0.792. The minimum Gasteiger partial charge on any atom is -0.489 e. The quantitative estimate of drug-likeness (QED) is 0.629. The lowest BCUT2D eigenvalue weighted by atomic mass is 10.5. The Morgan fingerprint density at radius 1 is 1.80 bits per heavy atom. The van der Waals surface area contributed by atoms with Gasteiger partial charge in [-0.25, -0.2) is 0 Å². The summed E-state index contributed by atoms with van der Waals surface area (Å²) in [5.74, 6) is 0.885. The van der Waals surface area contributed by atoms with Crippen LogP contribution in [-0.4, -0.2) is 24.3 Å². The molecule has 1 unspecified atom stereocenters. The van der Waals surface area contributed by atoms with Crippen LogP contribution in [-0.2, 0) is 4.74 Å². The summed E-state index contributed by atoms with van der Waals surface area (Å²) in [6, 6.07) is 1.89. The number of hydrogen-bond acceptors (Lipinski definition) is 2. The number of epoxide rings is 1. The first-order valence-corrected chi connectivity index (χ1v) is 3.32. The third kappa shape index (κ3) is 1.30. The van der Waals surface area contributed by atoms with Crippen molar-refractivity contribution < 1.29 is 9.47 Å². The smallest absolute Gasteiger partial charge is 0.136 e. The van der Waals surface area contributed by atoms with E-state index in [9.17, 15) is 0 Å². The largest absolute Gasteiger partial charge is 0.489 e. The Hall–Kier alpha value is -0.960. The molecular formula is C7H9NO2. The number of aromatic amines is 1. The average Bonchev–Trinajstić information content (AvgIpc) is 2.63. The van der Waals surface area contributed by atoms with E-state index >= 15 is 0 Å². The summed E-state index contributed by atoms with van der Waals surface area (Å²) >= 11 is 0. The van der Waals surface area contributed by atoms with Gasteiger partial charge in [-0.15, -0.1) is 0 Å². The van der Waals surface area contributed by atoms with Gasteiger partial charge in [0.2, 0.25) is 0 Å². The first kappa shape index (κ1) is 5.80. The molecule has 1 aromatic heterocycles. The van der Waals surface area contributed by atoms with E-state index in [1.807, 2.05) is 18.5 Å². The molecule has 0 spiro atoms. The van der Waals surface area contributed by atoms with Crippen molar-refractivity contribution in [1.29, 1.82) is 0 Å². The Labute approximate surface area is 59.0 Å². The first-order chi connectivity index (χ1) is 4.95. The molecule has 10 heavy (non-hydrogen) atoms. The molecule has 54 valence electrons. The zero-order valence-electron chi connectivity index (χ0n) is 5.54. The fourth-order valence-corrected chi connectivity index (χ4v) is 0.752. The summed E-state index contributed by atoms with van der Waals surface area (Å²) in [6.07, 6.45) is 4.00. The van der Waals surface area contributed by atoms with Crippen LogP contribution in [0.15, 0.2) is 18.5 Å². The van der Waals surface area contributed by atoms with Crippen molar-refractivity contribution in [2.45, 2.75) is 6.10 Å². The maximum absolute atomic E-state index is 5.31. The van der Waals surface area contributed by atoms with Crippen molar-refractivity contribution >= 4 is 0 Å². The van der Waals surface area contributed by atoms with Crippen LogP contribution in [0.25, 0.3) is 0 Å². The van der Waals surface area contributed by atoms with Gasteiger partial charge in [0.25, 0.3) is 0 Å². The van der Waals surface area contributed by atoms with Gasteiger partial charge in [-0.05, 0) is 6.07 Å².